The van der Waals surface area contributed by atoms with E-state index in [0.29, 0.717) is 6.42 Å². The number of Topliss-reactive ketones (excluding diaryl/α,β-unsaturated/α-hetero) is 1. The second kappa shape index (κ2) is 6.17. The predicted octanol–water partition coefficient (Wildman–Crippen LogP) is 1.50. The molecule has 0 aromatic rings. The molecule has 0 heterocycles. The van der Waals surface area contributed by atoms with Crippen LogP contribution in [0.1, 0.15) is 13.3 Å². The zero-order chi connectivity index (χ0) is 10.3. The van der Waals surface area contributed by atoms with E-state index in [4.69, 9.17) is 4.74 Å². The molecule has 3 heteroatoms. The monoisotopic (exact) mass is 182 g/mol. The first kappa shape index (κ1) is 11.6. The molecule has 1 atom stereocenters. The van der Waals surface area contributed by atoms with E-state index in [9.17, 15) is 9.59 Å². The van der Waals surface area contributed by atoms with Gasteiger partial charge in [-0.25, -0.2) is 0 Å². The fraction of sp³-hybridized carbons (Fsp3) is 0.400. The summed E-state index contributed by atoms with van der Waals surface area (Å²) in [6, 6.07) is 0. The van der Waals surface area contributed by atoms with Crippen molar-refractivity contribution in [2.45, 2.75) is 13.3 Å². The standard InChI is InChI=1S/C10H14O3/c1-4-6-9(8(3)11)10(12)13-7-5-2/h4-5,9H,1-2,6-7H2,3H3/t9-/m1/s1. The first-order valence-corrected chi connectivity index (χ1v) is 4.02. The van der Waals surface area contributed by atoms with Gasteiger partial charge in [0.1, 0.15) is 18.3 Å². The van der Waals surface area contributed by atoms with Crippen molar-refractivity contribution in [2.75, 3.05) is 6.61 Å². The molecule has 0 fully saturated rings. The molecule has 0 saturated heterocycles. The highest BCUT2D eigenvalue weighted by Gasteiger charge is 2.22. The van der Waals surface area contributed by atoms with Crippen LogP contribution in [-0.4, -0.2) is 18.4 Å². The van der Waals surface area contributed by atoms with Crippen LogP contribution in [0.25, 0.3) is 0 Å². The maximum absolute atomic E-state index is 11.2. The van der Waals surface area contributed by atoms with Crippen molar-refractivity contribution in [3.05, 3.63) is 25.3 Å². The minimum Gasteiger partial charge on any atom is -0.461 e. The van der Waals surface area contributed by atoms with Gasteiger partial charge in [-0.3, -0.25) is 9.59 Å². The van der Waals surface area contributed by atoms with Gasteiger partial charge in [-0.1, -0.05) is 18.7 Å². The molecule has 0 radical (unpaired) electrons. The molecule has 0 aliphatic rings. The smallest absolute Gasteiger partial charge is 0.317 e. The number of ether oxygens (including phenoxy) is 1. The van der Waals surface area contributed by atoms with Gasteiger partial charge in [-0.15, -0.1) is 6.58 Å². The first-order valence-electron chi connectivity index (χ1n) is 4.02. The zero-order valence-corrected chi connectivity index (χ0v) is 7.79. The Morgan fingerprint density at radius 2 is 2.00 bits per heavy atom. The predicted molar refractivity (Wildman–Crippen MR) is 50.1 cm³/mol. The summed E-state index contributed by atoms with van der Waals surface area (Å²) < 4.78 is 4.74. The Morgan fingerprint density at radius 1 is 1.38 bits per heavy atom. The van der Waals surface area contributed by atoms with Gasteiger partial charge >= 0.3 is 5.97 Å². The minimum atomic E-state index is -0.711. The van der Waals surface area contributed by atoms with Crippen molar-refractivity contribution >= 4 is 11.8 Å². The van der Waals surface area contributed by atoms with E-state index in [0.717, 1.165) is 0 Å². The van der Waals surface area contributed by atoms with E-state index in [1.165, 1.54) is 19.1 Å². The van der Waals surface area contributed by atoms with E-state index in [2.05, 4.69) is 13.2 Å². The zero-order valence-electron chi connectivity index (χ0n) is 7.79. The molecule has 0 rings (SSSR count). The Bertz CT molecular complexity index is 218. The maximum Gasteiger partial charge on any atom is 0.317 e. The summed E-state index contributed by atoms with van der Waals surface area (Å²) in [5.41, 5.74) is 0. The Labute approximate surface area is 78.1 Å². The van der Waals surface area contributed by atoms with E-state index in [1.807, 2.05) is 0 Å². The number of carbonyl (C=O) groups is 2. The lowest BCUT2D eigenvalue weighted by Gasteiger charge is -2.09. The maximum atomic E-state index is 11.2. The normalized spacial score (nSPS) is 11.5. The number of allylic oxidation sites excluding steroid dienone is 1. The molecule has 0 N–H and O–H groups in total. The third kappa shape index (κ3) is 4.25. The van der Waals surface area contributed by atoms with Crippen LogP contribution < -0.4 is 0 Å². The second-order valence-electron chi connectivity index (χ2n) is 2.61. The molecular weight excluding hydrogens is 168 g/mol. The van der Waals surface area contributed by atoms with Crippen LogP contribution in [0.2, 0.25) is 0 Å². The van der Waals surface area contributed by atoms with Gasteiger partial charge in [0.25, 0.3) is 0 Å². The third-order valence-electron chi connectivity index (χ3n) is 1.52. The lowest BCUT2D eigenvalue weighted by molar-refractivity contribution is -0.150. The van der Waals surface area contributed by atoms with Gasteiger partial charge in [0.2, 0.25) is 0 Å². The summed E-state index contributed by atoms with van der Waals surface area (Å²) in [4.78, 5) is 22.2. The van der Waals surface area contributed by atoms with Gasteiger partial charge in [0.05, 0.1) is 0 Å². The number of rotatable bonds is 6. The second-order valence-corrected chi connectivity index (χ2v) is 2.61. The van der Waals surface area contributed by atoms with Gasteiger partial charge in [0, 0.05) is 0 Å². The van der Waals surface area contributed by atoms with Crippen molar-refractivity contribution in [1.29, 1.82) is 0 Å². The molecule has 0 aliphatic carbocycles. The van der Waals surface area contributed by atoms with Crippen molar-refractivity contribution < 1.29 is 14.3 Å². The van der Waals surface area contributed by atoms with Gasteiger partial charge in [-0.05, 0) is 13.3 Å². The van der Waals surface area contributed by atoms with E-state index in [-0.39, 0.29) is 12.4 Å². The molecule has 0 aromatic carbocycles. The average Bonchev–Trinajstić information content (AvgIpc) is 2.09. The Hall–Kier alpha value is -1.38. The van der Waals surface area contributed by atoms with Crippen LogP contribution in [0.5, 0.6) is 0 Å². The van der Waals surface area contributed by atoms with Crippen molar-refractivity contribution in [3.63, 3.8) is 0 Å². The van der Waals surface area contributed by atoms with E-state index in [1.54, 1.807) is 0 Å². The molecule has 72 valence electrons. The molecular formula is C10H14O3. The number of esters is 1. The molecule has 0 unspecified atom stereocenters. The van der Waals surface area contributed by atoms with Gasteiger partial charge in [0.15, 0.2) is 0 Å². The van der Waals surface area contributed by atoms with Crippen molar-refractivity contribution in [1.82, 2.24) is 0 Å². The highest BCUT2D eigenvalue weighted by molar-refractivity contribution is 5.97. The third-order valence-corrected chi connectivity index (χ3v) is 1.52. The van der Waals surface area contributed by atoms with E-state index >= 15 is 0 Å². The number of carbonyl (C=O) groups excluding carboxylic acids is 2. The van der Waals surface area contributed by atoms with Crippen molar-refractivity contribution in [2.24, 2.45) is 5.92 Å². The quantitative estimate of drug-likeness (QED) is 0.355. The lowest BCUT2D eigenvalue weighted by atomic mass is 10.0. The first-order chi connectivity index (χ1) is 6.13. The highest BCUT2D eigenvalue weighted by Crippen LogP contribution is 2.07. The summed E-state index contributed by atoms with van der Waals surface area (Å²) >= 11 is 0. The molecule has 0 saturated carbocycles. The highest BCUT2D eigenvalue weighted by atomic mass is 16.5. The number of hydrogen-bond donors (Lipinski definition) is 0. The molecule has 13 heavy (non-hydrogen) atoms. The molecule has 3 nitrogen and oxygen atoms in total. The SMILES string of the molecule is C=CCOC(=O)[C@H](CC=C)C(C)=O. The van der Waals surface area contributed by atoms with Crippen LogP contribution in [0.3, 0.4) is 0 Å². The van der Waals surface area contributed by atoms with Gasteiger partial charge in [-0.2, -0.15) is 0 Å². The van der Waals surface area contributed by atoms with E-state index < -0.39 is 11.9 Å². The van der Waals surface area contributed by atoms with Crippen LogP contribution in [0, 0.1) is 5.92 Å². The molecule has 0 bridgehead atoms. The summed E-state index contributed by atoms with van der Waals surface area (Å²) in [5, 5.41) is 0. The molecule has 0 aliphatic heterocycles. The fourth-order valence-corrected chi connectivity index (χ4v) is 0.836. The summed E-state index contributed by atoms with van der Waals surface area (Å²) in [6.07, 6.45) is 3.32. The largest absolute Gasteiger partial charge is 0.461 e. The lowest BCUT2D eigenvalue weighted by Crippen LogP contribution is -2.23. The summed E-state index contributed by atoms with van der Waals surface area (Å²) in [6.45, 7) is 8.37. The Balaban J connectivity index is 4.18. The molecule has 0 aromatic heterocycles. The summed E-state index contributed by atoms with van der Waals surface area (Å²) in [5.74, 6) is -1.42. The van der Waals surface area contributed by atoms with Crippen LogP contribution in [0.4, 0.5) is 0 Å². The topological polar surface area (TPSA) is 43.4 Å². The molecule has 0 spiro atoms. The Morgan fingerprint density at radius 3 is 2.38 bits per heavy atom. The number of hydrogen-bond acceptors (Lipinski definition) is 3. The average molecular weight is 182 g/mol. The van der Waals surface area contributed by atoms with Crippen LogP contribution in [-0.2, 0) is 14.3 Å². The summed E-state index contributed by atoms with van der Waals surface area (Å²) in [7, 11) is 0. The Kier molecular flexibility index (Phi) is 5.52. The van der Waals surface area contributed by atoms with Crippen LogP contribution in [0.15, 0.2) is 25.3 Å². The minimum absolute atomic E-state index is 0.139. The molecule has 0 amide bonds. The van der Waals surface area contributed by atoms with Crippen LogP contribution >= 0.6 is 0 Å². The fourth-order valence-electron chi connectivity index (χ4n) is 0.836. The number of ketones is 1. The van der Waals surface area contributed by atoms with Crippen molar-refractivity contribution in [3.8, 4) is 0 Å². The van der Waals surface area contributed by atoms with Gasteiger partial charge < -0.3 is 4.74 Å².